The number of nitriles is 2. The Morgan fingerprint density at radius 1 is 1.00 bits per heavy atom. The molecule has 0 aliphatic carbocycles. The van der Waals surface area contributed by atoms with E-state index < -0.39 is 0 Å². The molecule has 162 valence electrons. The van der Waals surface area contributed by atoms with Crippen LogP contribution < -0.4 is 4.74 Å². The minimum absolute atomic E-state index is 0.0777. The zero-order valence-corrected chi connectivity index (χ0v) is 18.8. The third-order valence-corrected chi connectivity index (χ3v) is 5.96. The van der Waals surface area contributed by atoms with Crippen molar-refractivity contribution in [2.75, 3.05) is 7.11 Å². The van der Waals surface area contributed by atoms with Gasteiger partial charge in [0.15, 0.2) is 0 Å². The van der Waals surface area contributed by atoms with Gasteiger partial charge in [-0.3, -0.25) is 0 Å². The lowest BCUT2D eigenvalue weighted by Gasteiger charge is -2.13. The maximum atomic E-state index is 9.92. The Kier molecular flexibility index (Phi) is 6.50. The summed E-state index contributed by atoms with van der Waals surface area (Å²) in [5, 5.41) is 30.3. The molecular formula is C24H15ClN4O3S. The van der Waals surface area contributed by atoms with Crippen molar-refractivity contribution in [1.29, 1.82) is 10.5 Å². The number of phenolic OH excluding ortho intramolecular Hbond substituents is 1. The number of halogens is 1. The van der Waals surface area contributed by atoms with Crippen LogP contribution in [0.1, 0.15) is 16.8 Å². The van der Waals surface area contributed by atoms with Crippen LogP contribution in [0.2, 0.25) is 5.02 Å². The average Bonchev–Trinajstić information content (AvgIpc) is 3.31. The van der Waals surface area contributed by atoms with Gasteiger partial charge in [-0.1, -0.05) is 35.5 Å². The summed E-state index contributed by atoms with van der Waals surface area (Å²) in [5.41, 5.74) is 2.83. The molecule has 0 aliphatic rings. The van der Waals surface area contributed by atoms with E-state index in [9.17, 15) is 15.6 Å². The zero-order valence-electron chi connectivity index (χ0n) is 17.2. The van der Waals surface area contributed by atoms with E-state index in [4.69, 9.17) is 20.8 Å². The summed E-state index contributed by atoms with van der Waals surface area (Å²) < 4.78 is 10.9. The number of hydrogen-bond donors (Lipinski definition) is 1. The summed E-state index contributed by atoms with van der Waals surface area (Å²) in [4.78, 5) is 8.89. The maximum Gasteiger partial charge on any atom is 0.233 e. The van der Waals surface area contributed by atoms with Crippen LogP contribution in [-0.2, 0) is 5.75 Å². The highest BCUT2D eigenvalue weighted by Crippen LogP contribution is 2.38. The lowest BCUT2D eigenvalue weighted by atomic mass is 9.97. The number of phenols is 1. The van der Waals surface area contributed by atoms with E-state index in [0.717, 1.165) is 5.56 Å². The van der Waals surface area contributed by atoms with Gasteiger partial charge in [-0.2, -0.15) is 10.5 Å². The molecule has 1 N–H and O–H groups in total. The molecule has 0 fully saturated rings. The van der Waals surface area contributed by atoms with Gasteiger partial charge in [0, 0.05) is 21.9 Å². The molecule has 0 aliphatic heterocycles. The molecule has 2 heterocycles. The lowest BCUT2D eigenvalue weighted by Crippen LogP contribution is -2.01. The van der Waals surface area contributed by atoms with Crippen LogP contribution in [0.4, 0.5) is 0 Å². The number of thioether (sulfide) groups is 1. The summed E-state index contributed by atoms with van der Waals surface area (Å²) in [6.45, 7) is 0. The van der Waals surface area contributed by atoms with Gasteiger partial charge in [-0.05, 0) is 42.0 Å². The molecule has 4 aromatic rings. The molecule has 2 aromatic heterocycles. The molecule has 4 rings (SSSR count). The first-order valence-corrected chi connectivity index (χ1v) is 10.9. The Hall–Kier alpha value is -3.98. The fourth-order valence-corrected chi connectivity index (χ4v) is 4.14. The third-order valence-electron chi connectivity index (χ3n) is 4.70. The topological polar surface area (TPSA) is 116 Å². The zero-order chi connectivity index (χ0) is 23.4. The molecule has 0 saturated heterocycles. The van der Waals surface area contributed by atoms with E-state index in [0.29, 0.717) is 38.5 Å². The first-order valence-electron chi connectivity index (χ1n) is 9.58. The molecule has 7 nitrogen and oxygen atoms in total. The third kappa shape index (κ3) is 4.63. The predicted molar refractivity (Wildman–Crippen MR) is 124 cm³/mol. The van der Waals surface area contributed by atoms with Gasteiger partial charge in [0.2, 0.25) is 11.8 Å². The van der Waals surface area contributed by atoms with E-state index in [1.54, 1.807) is 30.5 Å². The maximum absolute atomic E-state index is 9.92. The van der Waals surface area contributed by atoms with Crippen LogP contribution in [0.25, 0.3) is 22.6 Å². The molecule has 9 heteroatoms. The first-order chi connectivity index (χ1) is 16.0. The van der Waals surface area contributed by atoms with Gasteiger partial charge in [-0.15, -0.1) is 0 Å². The summed E-state index contributed by atoms with van der Waals surface area (Å²) in [6, 6.07) is 17.6. The quantitative estimate of drug-likeness (QED) is 0.348. The Morgan fingerprint density at radius 3 is 2.30 bits per heavy atom. The highest BCUT2D eigenvalue weighted by molar-refractivity contribution is 7.98. The van der Waals surface area contributed by atoms with Gasteiger partial charge in [0.25, 0.3) is 0 Å². The number of aromatic nitrogens is 2. The number of hydrogen-bond acceptors (Lipinski definition) is 8. The normalized spacial score (nSPS) is 10.4. The lowest BCUT2D eigenvalue weighted by molar-refractivity contribution is 0.393. The number of aromatic hydroxyl groups is 1. The molecular weight excluding hydrogens is 460 g/mol. The molecule has 0 saturated carbocycles. The number of nitrogens with zero attached hydrogens (tertiary/aromatic N) is 4. The van der Waals surface area contributed by atoms with Gasteiger partial charge in [0.05, 0.1) is 18.4 Å². The summed E-state index contributed by atoms with van der Waals surface area (Å²) in [6.07, 6.45) is 1.55. The fraction of sp³-hybridized carbons (Fsp3) is 0.0833. The molecule has 0 spiro atoms. The highest BCUT2D eigenvalue weighted by Gasteiger charge is 2.22. The van der Waals surface area contributed by atoms with Crippen molar-refractivity contribution in [1.82, 2.24) is 9.97 Å². The molecule has 0 bridgehead atoms. The second-order valence-electron chi connectivity index (χ2n) is 6.76. The summed E-state index contributed by atoms with van der Waals surface area (Å²) in [7, 11) is 1.42. The van der Waals surface area contributed by atoms with Gasteiger partial charge in [-0.25, -0.2) is 9.97 Å². The Morgan fingerprint density at radius 2 is 1.67 bits per heavy atom. The molecule has 0 unspecified atom stereocenters. The number of oxazole rings is 1. The Labute approximate surface area is 198 Å². The number of pyridine rings is 1. The van der Waals surface area contributed by atoms with E-state index in [2.05, 4.69) is 22.1 Å². The smallest absolute Gasteiger partial charge is 0.233 e. The molecule has 0 radical (unpaired) electrons. The van der Waals surface area contributed by atoms with E-state index in [-0.39, 0.29) is 22.8 Å². The van der Waals surface area contributed by atoms with Crippen molar-refractivity contribution in [2.45, 2.75) is 10.8 Å². The second-order valence-corrected chi connectivity index (χ2v) is 8.16. The predicted octanol–water partition coefficient (Wildman–Crippen LogP) is 5.81. The van der Waals surface area contributed by atoms with Crippen molar-refractivity contribution < 1.29 is 14.3 Å². The largest absolute Gasteiger partial charge is 0.508 e. The van der Waals surface area contributed by atoms with Crippen LogP contribution in [-0.4, -0.2) is 22.2 Å². The minimum Gasteiger partial charge on any atom is -0.508 e. The van der Waals surface area contributed by atoms with Crippen molar-refractivity contribution >= 4 is 23.4 Å². The Bertz CT molecular complexity index is 1390. The van der Waals surface area contributed by atoms with Gasteiger partial charge < -0.3 is 14.3 Å². The van der Waals surface area contributed by atoms with Gasteiger partial charge >= 0.3 is 0 Å². The average molecular weight is 475 g/mol. The van der Waals surface area contributed by atoms with Crippen LogP contribution in [0.15, 0.2) is 64.2 Å². The standard InChI is InChI=1S/C24H15ClN4O3S/c1-31-23-19(10-26)21(14-4-8-18(30)9-5-14)20(11-27)24(29-23)33-13-17-12-32-22(28-17)15-2-6-16(25)7-3-15/h2-9,12,30H,13H2,1H3. The van der Waals surface area contributed by atoms with Crippen molar-refractivity contribution in [3.05, 3.63) is 76.6 Å². The molecule has 0 amide bonds. The minimum atomic E-state index is 0.0777. The fourth-order valence-electron chi connectivity index (χ4n) is 3.16. The van der Waals surface area contributed by atoms with Crippen molar-refractivity contribution in [2.24, 2.45) is 0 Å². The summed E-state index contributed by atoms with van der Waals surface area (Å²) >= 11 is 7.21. The van der Waals surface area contributed by atoms with E-state index in [1.165, 1.54) is 31.0 Å². The first kappa shape index (κ1) is 22.2. The molecule has 2 aromatic carbocycles. The summed E-state index contributed by atoms with van der Waals surface area (Å²) in [5.74, 6) is 1.03. The van der Waals surface area contributed by atoms with Gasteiger partial charge in [0.1, 0.15) is 34.7 Å². The van der Waals surface area contributed by atoms with Crippen LogP contribution in [0.5, 0.6) is 11.6 Å². The molecule has 33 heavy (non-hydrogen) atoms. The SMILES string of the molecule is COc1nc(SCc2coc(-c3ccc(Cl)cc3)n2)c(C#N)c(-c2ccc(O)cc2)c1C#N. The number of methoxy groups -OCH3 is 1. The Balaban J connectivity index is 1.69. The van der Waals surface area contributed by atoms with Crippen molar-refractivity contribution in [3.63, 3.8) is 0 Å². The van der Waals surface area contributed by atoms with Crippen LogP contribution >= 0.6 is 23.4 Å². The van der Waals surface area contributed by atoms with Crippen LogP contribution in [0.3, 0.4) is 0 Å². The number of ether oxygens (including phenoxy) is 1. The van der Waals surface area contributed by atoms with E-state index in [1.807, 2.05) is 12.1 Å². The monoisotopic (exact) mass is 474 g/mol. The van der Waals surface area contributed by atoms with E-state index >= 15 is 0 Å². The second kappa shape index (κ2) is 9.66. The highest BCUT2D eigenvalue weighted by atomic mass is 35.5. The number of rotatable bonds is 6. The van der Waals surface area contributed by atoms with Crippen LogP contribution in [0, 0.1) is 22.7 Å². The molecule has 0 atom stereocenters. The van der Waals surface area contributed by atoms with Crippen molar-refractivity contribution in [3.8, 4) is 46.3 Å². The number of benzene rings is 2.